The fourth-order valence-corrected chi connectivity index (χ4v) is 2.39. The van der Waals surface area contributed by atoms with E-state index in [1.165, 1.54) is 11.8 Å². The summed E-state index contributed by atoms with van der Waals surface area (Å²) >= 11 is 6.13. The van der Waals surface area contributed by atoms with Crippen molar-refractivity contribution >= 4 is 40.2 Å². The summed E-state index contributed by atoms with van der Waals surface area (Å²) in [7, 11) is 0. The first-order chi connectivity index (χ1) is 7.41. The average molecular weight is 259 g/mol. The molecular formula is C10H13NO3S2. The number of carbonyl (C=O) groups is 2. The van der Waals surface area contributed by atoms with Gasteiger partial charge in [-0.05, 0) is 12.3 Å². The molecule has 1 aliphatic heterocycles. The SMILES string of the molecule is CC(C)C/C=C1\SC(=S)N(CC(=O)O)C1=O. The zero-order valence-corrected chi connectivity index (χ0v) is 10.7. The van der Waals surface area contributed by atoms with Crippen LogP contribution < -0.4 is 0 Å². The highest BCUT2D eigenvalue weighted by molar-refractivity contribution is 8.26. The molecule has 1 amide bonds. The Kier molecular flexibility index (Phi) is 4.49. The van der Waals surface area contributed by atoms with Gasteiger partial charge in [0, 0.05) is 0 Å². The highest BCUT2D eigenvalue weighted by Crippen LogP contribution is 2.31. The van der Waals surface area contributed by atoms with Crippen LogP contribution in [0.1, 0.15) is 20.3 Å². The topological polar surface area (TPSA) is 57.6 Å². The van der Waals surface area contributed by atoms with Gasteiger partial charge in [0.15, 0.2) is 0 Å². The standard InChI is InChI=1S/C10H13NO3S2/c1-6(2)3-4-7-9(14)11(5-8(12)13)10(15)16-7/h4,6H,3,5H2,1-2H3,(H,12,13)/b7-4-. The number of carbonyl (C=O) groups excluding carboxylic acids is 1. The Hall–Kier alpha value is -0.880. The van der Waals surface area contributed by atoms with E-state index in [2.05, 4.69) is 13.8 Å². The molecule has 0 saturated carbocycles. The second-order valence-corrected chi connectivity index (χ2v) is 5.53. The van der Waals surface area contributed by atoms with Crippen molar-refractivity contribution in [2.75, 3.05) is 6.54 Å². The van der Waals surface area contributed by atoms with Gasteiger partial charge in [-0.1, -0.05) is 43.9 Å². The molecule has 1 fully saturated rings. The normalized spacial score (nSPS) is 18.9. The van der Waals surface area contributed by atoms with Gasteiger partial charge in [0.2, 0.25) is 0 Å². The molecule has 0 aromatic heterocycles. The second kappa shape index (κ2) is 5.45. The molecule has 1 aliphatic rings. The number of nitrogens with zero attached hydrogens (tertiary/aromatic N) is 1. The van der Waals surface area contributed by atoms with E-state index in [-0.39, 0.29) is 12.5 Å². The number of allylic oxidation sites excluding steroid dienone is 1. The summed E-state index contributed by atoms with van der Waals surface area (Å²) < 4.78 is 0.322. The molecule has 0 bridgehead atoms. The van der Waals surface area contributed by atoms with Crippen molar-refractivity contribution < 1.29 is 14.7 Å². The third-order valence-corrected chi connectivity index (χ3v) is 3.37. The lowest BCUT2D eigenvalue weighted by Crippen LogP contribution is -2.33. The lowest BCUT2D eigenvalue weighted by atomic mass is 10.1. The molecule has 0 atom stereocenters. The fraction of sp³-hybridized carbons (Fsp3) is 0.500. The zero-order chi connectivity index (χ0) is 12.3. The third kappa shape index (κ3) is 3.31. The summed E-state index contributed by atoms with van der Waals surface area (Å²) in [5.41, 5.74) is 0. The first-order valence-corrected chi connectivity index (χ1v) is 6.10. The first-order valence-electron chi connectivity index (χ1n) is 4.87. The molecule has 1 N–H and O–H groups in total. The molecule has 4 nitrogen and oxygen atoms in total. The van der Waals surface area contributed by atoms with Crippen molar-refractivity contribution in [3.05, 3.63) is 11.0 Å². The Balaban J connectivity index is 2.74. The average Bonchev–Trinajstić information content (AvgIpc) is 2.42. The Morgan fingerprint density at radius 1 is 1.62 bits per heavy atom. The number of hydrogen-bond acceptors (Lipinski definition) is 4. The van der Waals surface area contributed by atoms with Crippen molar-refractivity contribution in [1.82, 2.24) is 4.90 Å². The highest BCUT2D eigenvalue weighted by atomic mass is 32.2. The second-order valence-electron chi connectivity index (χ2n) is 3.85. The maximum absolute atomic E-state index is 11.7. The maximum Gasteiger partial charge on any atom is 0.323 e. The third-order valence-electron chi connectivity index (χ3n) is 1.94. The Bertz CT molecular complexity index is 363. The number of carboxylic acids is 1. The molecule has 0 radical (unpaired) electrons. The minimum absolute atomic E-state index is 0.293. The van der Waals surface area contributed by atoms with Crippen LogP contribution in [0.3, 0.4) is 0 Å². The highest BCUT2D eigenvalue weighted by Gasteiger charge is 2.32. The van der Waals surface area contributed by atoms with Crippen LogP contribution in [0.25, 0.3) is 0 Å². The molecule has 0 unspecified atom stereocenters. The van der Waals surface area contributed by atoms with Crippen LogP contribution in [0.4, 0.5) is 0 Å². The molecule has 0 spiro atoms. The van der Waals surface area contributed by atoms with Gasteiger partial charge in [-0.25, -0.2) is 0 Å². The number of thioether (sulfide) groups is 1. The molecule has 0 aromatic rings. The number of amides is 1. The summed E-state index contributed by atoms with van der Waals surface area (Å²) in [5.74, 6) is -0.887. The van der Waals surface area contributed by atoms with Gasteiger partial charge >= 0.3 is 5.97 Å². The summed E-state index contributed by atoms with van der Waals surface area (Å²) in [6.07, 6.45) is 2.61. The minimum Gasteiger partial charge on any atom is -0.480 e. The quantitative estimate of drug-likeness (QED) is 0.617. The van der Waals surface area contributed by atoms with Gasteiger partial charge in [0.1, 0.15) is 10.9 Å². The molecule has 1 heterocycles. The summed E-state index contributed by atoms with van der Waals surface area (Å²) in [4.78, 5) is 23.9. The molecule has 1 rings (SSSR count). The largest absolute Gasteiger partial charge is 0.480 e. The van der Waals surface area contributed by atoms with Crippen LogP contribution in [-0.4, -0.2) is 32.7 Å². The van der Waals surface area contributed by atoms with Gasteiger partial charge in [0.05, 0.1) is 4.91 Å². The van der Waals surface area contributed by atoms with Gasteiger partial charge in [0.25, 0.3) is 5.91 Å². The van der Waals surface area contributed by atoms with E-state index in [0.717, 1.165) is 11.3 Å². The van der Waals surface area contributed by atoms with E-state index >= 15 is 0 Å². The van der Waals surface area contributed by atoms with Crippen LogP contribution in [0.5, 0.6) is 0 Å². The Labute approximate surface area is 104 Å². The number of carboxylic acid groups (broad SMARTS) is 1. The van der Waals surface area contributed by atoms with Gasteiger partial charge in [-0.3, -0.25) is 14.5 Å². The molecular weight excluding hydrogens is 246 g/mol. The molecule has 16 heavy (non-hydrogen) atoms. The van der Waals surface area contributed by atoms with E-state index in [4.69, 9.17) is 17.3 Å². The first kappa shape index (κ1) is 13.2. The fourth-order valence-electron chi connectivity index (χ4n) is 1.15. The monoisotopic (exact) mass is 259 g/mol. The van der Waals surface area contributed by atoms with Crippen molar-refractivity contribution in [2.45, 2.75) is 20.3 Å². The lowest BCUT2D eigenvalue weighted by Gasteiger charge is -2.10. The van der Waals surface area contributed by atoms with Gasteiger partial charge < -0.3 is 5.11 Å². The van der Waals surface area contributed by atoms with Crippen molar-refractivity contribution in [2.24, 2.45) is 5.92 Å². The number of hydrogen-bond donors (Lipinski definition) is 1. The smallest absolute Gasteiger partial charge is 0.323 e. The predicted molar refractivity (Wildman–Crippen MR) is 67.1 cm³/mol. The maximum atomic E-state index is 11.7. The summed E-state index contributed by atoms with van der Waals surface area (Å²) in [6.45, 7) is 3.74. The van der Waals surface area contributed by atoms with E-state index in [0.29, 0.717) is 15.1 Å². The van der Waals surface area contributed by atoms with Gasteiger partial charge in [-0.15, -0.1) is 0 Å². The van der Waals surface area contributed by atoms with E-state index in [9.17, 15) is 9.59 Å². The van der Waals surface area contributed by atoms with Crippen LogP contribution in [0, 0.1) is 5.92 Å². The van der Waals surface area contributed by atoms with Crippen LogP contribution in [-0.2, 0) is 9.59 Å². The van der Waals surface area contributed by atoms with Crippen LogP contribution in [0.15, 0.2) is 11.0 Å². The van der Waals surface area contributed by atoms with Crippen molar-refractivity contribution in [3.63, 3.8) is 0 Å². The summed E-state index contributed by atoms with van der Waals surface area (Å²) in [6, 6.07) is 0. The van der Waals surface area contributed by atoms with Crippen LogP contribution in [0.2, 0.25) is 0 Å². The summed E-state index contributed by atoms with van der Waals surface area (Å²) in [5, 5.41) is 8.63. The minimum atomic E-state index is -1.05. The number of aliphatic carboxylic acids is 1. The number of thiocarbonyl (C=S) groups is 1. The Morgan fingerprint density at radius 2 is 2.25 bits per heavy atom. The predicted octanol–water partition coefficient (Wildman–Crippen LogP) is 1.86. The van der Waals surface area contributed by atoms with E-state index in [1.807, 2.05) is 6.08 Å². The van der Waals surface area contributed by atoms with Crippen molar-refractivity contribution in [1.29, 1.82) is 0 Å². The van der Waals surface area contributed by atoms with Crippen molar-refractivity contribution in [3.8, 4) is 0 Å². The Morgan fingerprint density at radius 3 is 2.75 bits per heavy atom. The molecule has 0 aromatic carbocycles. The molecule has 6 heteroatoms. The van der Waals surface area contributed by atoms with E-state index in [1.54, 1.807) is 0 Å². The van der Waals surface area contributed by atoms with Gasteiger partial charge in [-0.2, -0.15) is 0 Å². The lowest BCUT2D eigenvalue weighted by molar-refractivity contribution is -0.140. The number of rotatable bonds is 4. The molecule has 88 valence electrons. The molecule has 1 saturated heterocycles. The van der Waals surface area contributed by atoms with E-state index < -0.39 is 5.97 Å². The van der Waals surface area contributed by atoms with Crippen LogP contribution >= 0.6 is 24.0 Å². The zero-order valence-electron chi connectivity index (χ0n) is 9.10. The molecule has 0 aliphatic carbocycles.